The second-order valence-corrected chi connectivity index (χ2v) is 5.59. The first kappa shape index (κ1) is 13.3. The zero-order valence-electron chi connectivity index (χ0n) is 11.7. The molecule has 6 nitrogen and oxygen atoms in total. The molecule has 22 heavy (non-hydrogen) atoms. The fraction of sp³-hybridized carbons (Fsp3) is 0.267. The maximum atomic E-state index is 6.27. The Bertz CT molecular complexity index is 819. The van der Waals surface area contributed by atoms with E-state index in [9.17, 15) is 0 Å². The molecular formula is C15H14ClN5O. The van der Waals surface area contributed by atoms with Gasteiger partial charge >= 0.3 is 0 Å². The molecule has 2 aromatic heterocycles. The summed E-state index contributed by atoms with van der Waals surface area (Å²) < 4.78 is 7.63. The van der Waals surface area contributed by atoms with Gasteiger partial charge in [-0.2, -0.15) is 0 Å². The smallest absolute Gasteiger partial charge is 0.203 e. The van der Waals surface area contributed by atoms with E-state index in [0.29, 0.717) is 23.1 Å². The van der Waals surface area contributed by atoms with Gasteiger partial charge in [-0.1, -0.05) is 23.7 Å². The van der Waals surface area contributed by atoms with Gasteiger partial charge in [0.1, 0.15) is 12.1 Å². The summed E-state index contributed by atoms with van der Waals surface area (Å²) in [6.45, 7) is 0.664. The van der Waals surface area contributed by atoms with E-state index in [-0.39, 0.29) is 6.04 Å². The van der Waals surface area contributed by atoms with Crippen LogP contribution in [0.25, 0.3) is 5.65 Å². The lowest BCUT2D eigenvalue weighted by Crippen LogP contribution is -2.12. The third-order valence-corrected chi connectivity index (χ3v) is 4.08. The summed E-state index contributed by atoms with van der Waals surface area (Å²) >= 11 is 6.27. The SMILES string of the molecule is Clc1cccc2c1OCCC[C@@H]2Nc1nccn2cnnc12. The van der Waals surface area contributed by atoms with Crippen molar-refractivity contribution in [2.24, 2.45) is 0 Å². The quantitative estimate of drug-likeness (QED) is 0.787. The summed E-state index contributed by atoms with van der Waals surface area (Å²) in [5.41, 5.74) is 1.75. The molecule has 0 radical (unpaired) electrons. The highest BCUT2D eigenvalue weighted by Gasteiger charge is 2.22. The number of nitrogens with one attached hydrogen (secondary N) is 1. The van der Waals surface area contributed by atoms with Crippen LogP contribution in [0.5, 0.6) is 5.75 Å². The predicted molar refractivity (Wildman–Crippen MR) is 83.3 cm³/mol. The van der Waals surface area contributed by atoms with Gasteiger partial charge in [0.15, 0.2) is 5.82 Å². The summed E-state index contributed by atoms with van der Waals surface area (Å²) in [4.78, 5) is 4.39. The molecule has 0 amide bonds. The molecule has 4 rings (SSSR count). The van der Waals surface area contributed by atoms with Crippen molar-refractivity contribution in [3.8, 4) is 5.75 Å². The zero-order chi connectivity index (χ0) is 14.9. The van der Waals surface area contributed by atoms with Gasteiger partial charge in [-0.05, 0) is 18.9 Å². The Morgan fingerprint density at radius 1 is 1.36 bits per heavy atom. The number of ether oxygens (including phenoxy) is 1. The van der Waals surface area contributed by atoms with Crippen LogP contribution in [0.15, 0.2) is 36.9 Å². The largest absolute Gasteiger partial charge is 0.492 e. The van der Waals surface area contributed by atoms with Crippen molar-refractivity contribution in [1.82, 2.24) is 19.6 Å². The number of anilines is 1. The average molecular weight is 316 g/mol. The van der Waals surface area contributed by atoms with Crippen molar-refractivity contribution in [1.29, 1.82) is 0 Å². The monoisotopic (exact) mass is 315 g/mol. The number of fused-ring (bicyclic) bond motifs is 2. The van der Waals surface area contributed by atoms with Gasteiger partial charge in [-0.3, -0.25) is 4.40 Å². The van der Waals surface area contributed by atoms with E-state index in [1.165, 1.54) is 0 Å². The minimum Gasteiger partial charge on any atom is -0.492 e. The van der Waals surface area contributed by atoms with Crippen LogP contribution >= 0.6 is 11.6 Å². The van der Waals surface area contributed by atoms with E-state index in [2.05, 4.69) is 20.5 Å². The lowest BCUT2D eigenvalue weighted by atomic mass is 10.0. The Labute approximate surface area is 132 Å². The first-order valence-corrected chi connectivity index (χ1v) is 7.53. The number of aromatic nitrogens is 4. The summed E-state index contributed by atoms with van der Waals surface area (Å²) in [7, 11) is 0. The molecule has 0 fully saturated rings. The van der Waals surface area contributed by atoms with Crippen molar-refractivity contribution in [2.75, 3.05) is 11.9 Å². The number of benzene rings is 1. The normalized spacial score (nSPS) is 17.6. The Morgan fingerprint density at radius 2 is 2.32 bits per heavy atom. The van der Waals surface area contributed by atoms with Gasteiger partial charge in [-0.25, -0.2) is 4.98 Å². The van der Waals surface area contributed by atoms with Crippen LogP contribution in [0.3, 0.4) is 0 Å². The second-order valence-electron chi connectivity index (χ2n) is 5.18. The summed E-state index contributed by atoms with van der Waals surface area (Å²) in [5.74, 6) is 1.46. The standard InChI is InChI=1S/C15H14ClN5O/c16-11-4-1-3-10-12(5-2-8-22-13(10)11)19-14-15-20-18-9-21(15)7-6-17-14/h1,3-4,6-7,9,12H,2,5,8H2,(H,17,19)/t12-/m0/s1. The first-order valence-electron chi connectivity index (χ1n) is 7.15. The van der Waals surface area contributed by atoms with E-state index < -0.39 is 0 Å². The van der Waals surface area contributed by atoms with Crippen LogP contribution < -0.4 is 10.1 Å². The van der Waals surface area contributed by atoms with Gasteiger partial charge in [0.25, 0.3) is 0 Å². The van der Waals surface area contributed by atoms with Gasteiger partial charge in [0, 0.05) is 18.0 Å². The molecule has 0 saturated heterocycles. The van der Waals surface area contributed by atoms with E-state index in [0.717, 1.165) is 24.2 Å². The van der Waals surface area contributed by atoms with Crippen molar-refractivity contribution in [3.63, 3.8) is 0 Å². The van der Waals surface area contributed by atoms with Crippen molar-refractivity contribution >= 4 is 23.1 Å². The highest BCUT2D eigenvalue weighted by Crippen LogP contribution is 2.38. The van der Waals surface area contributed by atoms with Gasteiger partial charge in [-0.15, -0.1) is 10.2 Å². The first-order chi connectivity index (χ1) is 10.8. The lowest BCUT2D eigenvalue weighted by Gasteiger charge is -2.19. The number of hydrogen-bond acceptors (Lipinski definition) is 5. The molecule has 112 valence electrons. The highest BCUT2D eigenvalue weighted by molar-refractivity contribution is 6.32. The lowest BCUT2D eigenvalue weighted by molar-refractivity contribution is 0.316. The van der Waals surface area contributed by atoms with Crippen LogP contribution in [0.2, 0.25) is 5.02 Å². The van der Waals surface area contributed by atoms with E-state index >= 15 is 0 Å². The molecule has 7 heteroatoms. The summed E-state index contributed by atoms with van der Waals surface area (Å²) in [6, 6.07) is 5.90. The Hall–Kier alpha value is -2.34. The van der Waals surface area contributed by atoms with E-state index in [4.69, 9.17) is 16.3 Å². The van der Waals surface area contributed by atoms with Crippen LogP contribution in [0.4, 0.5) is 5.82 Å². The van der Waals surface area contributed by atoms with Gasteiger partial charge < -0.3 is 10.1 Å². The predicted octanol–water partition coefficient (Wildman–Crippen LogP) is 3.10. The minimum absolute atomic E-state index is 0.0756. The zero-order valence-corrected chi connectivity index (χ0v) is 12.5. The molecule has 1 aromatic carbocycles. The third-order valence-electron chi connectivity index (χ3n) is 3.78. The molecule has 1 aliphatic rings. The molecule has 0 bridgehead atoms. The number of halogens is 1. The highest BCUT2D eigenvalue weighted by atomic mass is 35.5. The van der Waals surface area contributed by atoms with Crippen LogP contribution in [0, 0.1) is 0 Å². The minimum atomic E-state index is 0.0756. The molecule has 1 N–H and O–H groups in total. The maximum Gasteiger partial charge on any atom is 0.203 e. The molecular weight excluding hydrogens is 302 g/mol. The van der Waals surface area contributed by atoms with Crippen molar-refractivity contribution in [2.45, 2.75) is 18.9 Å². The third kappa shape index (κ3) is 2.25. The fourth-order valence-corrected chi connectivity index (χ4v) is 2.98. The molecule has 3 aromatic rings. The summed E-state index contributed by atoms with van der Waals surface area (Å²) in [6.07, 6.45) is 7.08. The molecule has 1 aliphatic heterocycles. The van der Waals surface area contributed by atoms with E-state index in [1.807, 2.05) is 28.8 Å². The molecule has 0 unspecified atom stereocenters. The number of rotatable bonds is 2. The van der Waals surface area contributed by atoms with Crippen LogP contribution in [-0.2, 0) is 0 Å². The van der Waals surface area contributed by atoms with Crippen LogP contribution in [-0.4, -0.2) is 26.2 Å². The van der Waals surface area contributed by atoms with Crippen LogP contribution in [0.1, 0.15) is 24.4 Å². The Morgan fingerprint density at radius 3 is 3.27 bits per heavy atom. The number of nitrogens with zero attached hydrogens (tertiary/aromatic N) is 4. The second kappa shape index (κ2) is 5.46. The summed E-state index contributed by atoms with van der Waals surface area (Å²) in [5, 5.41) is 12.1. The average Bonchev–Trinajstić information content (AvgIpc) is 2.92. The van der Waals surface area contributed by atoms with E-state index in [1.54, 1.807) is 12.5 Å². The molecule has 0 aliphatic carbocycles. The molecule has 0 spiro atoms. The maximum absolute atomic E-state index is 6.27. The van der Waals surface area contributed by atoms with Gasteiger partial charge in [0.05, 0.1) is 17.7 Å². The Kier molecular flexibility index (Phi) is 3.31. The van der Waals surface area contributed by atoms with Gasteiger partial charge in [0.2, 0.25) is 5.65 Å². The van der Waals surface area contributed by atoms with Crippen molar-refractivity contribution in [3.05, 3.63) is 47.5 Å². The fourth-order valence-electron chi connectivity index (χ4n) is 2.74. The number of para-hydroxylation sites is 1. The molecule has 3 heterocycles. The number of hydrogen-bond donors (Lipinski definition) is 1. The molecule has 0 saturated carbocycles. The van der Waals surface area contributed by atoms with Crippen molar-refractivity contribution < 1.29 is 4.74 Å². The topological polar surface area (TPSA) is 64.3 Å². The Balaban J connectivity index is 1.74. The molecule has 1 atom stereocenters.